The largest absolute Gasteiger partial charge is 0.446 e. The van der Waals surface area contributed by atoms with Gasteiger partial charge in [0.05, 0.1) is 6.61 Å². The van der Waals surface area contributed by atoms with Crippen LogP contribution in [0.2, 0.25) is 0 Å². The highest BCUT2D eigenvalue weighted by molar-refractivity contribution is 5.68. The quantitative estimate of drug-likeness (QED) is 0.630. The lowest BCUT2D eigenvalue weighted by Crippen LogP contribution is -2.37. The molecule has 3 aromatic rings. The maximum Gasteiger partial charge on any atom is 0.408 e. The summed E-state index contributed by atoms with van der Waals surface area (Å²) in [5.74, 6) is 0.732. The van der Waals surface area contributed by atoms with Crippen LogP contribution < -0.4 is 5.32 Å². The summed E-state index contributed by atoms with van der Waals surface area (Å²) in [4.78, 5) is 24.9. The molecule has 3 heterocycles. The van der Waals surface area contributed by atoms with Crippen LogP contribution in [0.25, 0.3) is 23.2 Å². The summed E-state index contributed by atoms with van der Waals surface area (Å²) in [5.41, 5.74) is 0.493. The van der Waals surface area contributed by atoms with Crippen molar-refractivity contribution in [3.63, 3.8) is 0 Å². The molecular formula is C19H24N4O6. The monoisotopic (exact) mass is 404 g/mol. The van der Waals surface area contributed by atoms with E-state index >= 15 is 0 Å². The molecule has 0 aromatic carbocycles. The second kappa shape index (κ2) is 8.08. The van der Waals surface area contributed by atoms with E-state index in [1.807, 2.05) is 13.8 Å². The van der Waals surface area contributed by atoms with Crippen molar-refractivity contribution in [3.8, 4) is 23.2 Å². The Morgan fingerprint density at radius 2 is 1.69 bits per heavy atom. The first-order valence-electron chi connectivity index (χ1n) is 9.12. The minimum absolute atomic E-state index is 0.00152. The number of aliphatic hydroxyl groups excluding tert-OH is 1. The zero-order valence-corrected chi connectivity index (χ0v) is 16.9. The number of oxazole rings is 3. The van der Waals surface area contributed by atoms with Crippen molar-refractivity contribution < 1.29 is 27.9 Å². The summed E-state index contributed by atoms with van der Waals surface area (Å²) >= 11 is 0. The van der Waals surface area contributed by atoms with E-state index in [2.05, 4.69) is 20.3 Å². The van der Waals surface area contributed by atoms with Gasteiger partial charge in [-0.15, -0.1) is 0 Å². The molecule has 29 heavy (non-hydrogen) atoms. The molecule has 0 unspecified atom stereocenters. The molecule has 1 amide bonds. The van der Waals surface area contributed by atoms with Crippen LogP contribution in [0.4, 0.5) is 4.79 Å². The Morgan fingerprint density at radius 3 is 2.31 bits per heavy atom. The second-order valence-electron chi connectivity index (χ2n) is 7.78. The first-order valence-corrected chi connectivity index (χ1v) is 9.12. The van der Waals surface area contributed by atoms with E-state index < -0.39 is 17.7 Å². The topological polar surface area (TPSA) is 137 Å². The Morgan fingerprint density at radius 1 is 1.07 bits per heavy atom. The molecule has 10 heteroatoms. The van der Waals surface area contributed by atoms with Crippen molar-refractivity contribution in [1.82, 2.24) is 20.3 Å². The van der Waals surface area contributed by atoms with Gasteiger partial charge in [0.25, 0.3) is 0 Å². The lowest BCUT2D eigenvalue weighted by molar-refractivity contribution is 0.0479. The number of ether oxygens (including phenoxy) is 1. The predicted octanol–water partition coefficient (Wildman–Crippen LogP) is 3.70. The van der Waals surface area contributed by atoms with Gasteiger partial charge in [0.1, 0.15) is 36.1 Å². The smallest absolute Gasteiger partial charge is 0.408 e. The Kier molecular flexibility index (Phi) is 5.73. The molecule has 3 aromatic heterocycles. The van der Waals surface area contributed by atoms with Crippen LogP contribution in [-0.4, -0.2) is 31.8 Å². The number of aliphatic hydroxyl groups is 1. The van der Waals surface area contributed by atoms with E-state index in [4.69, 9.17) is 23.1 Å². The molecule has 0 saturated carbocycles. The molecule has 0 aliphatic carbocycles. The number of hydrogen-bond donors (Lipinski definition) is 2. The number of amides is 1. The zero-order chi connectivity index (χ0) is 21.2. The van der Waals surface area contributed by atoms with Crippen LogP contribution in [0.1, 0.15) is 52.2 Å². The fraction of sp³-hybridized carbons (Fsp3) is 0.474. The SMILES string of the molecule is CC(C)[C@H](NC(=O)OC(C)(C)C)c1nc(-c2nc(-c3nc(CO)co3)co2)co1. The van der Waals surface area contributed by atoms with Gasteiger partial charge in [-0.1, -0.05) is 13.8 Å². The molecule has 0 bridgehead atoms. The molecule has 0 spiro atoms. The number of aromatic nitrogens is 3. The van der Waals surface area contributed by atoms with Crippen LogP contribution in [0.15, 0.2) is 32.0 Å². The first kappa shape index (κ1) is 20.6. The summed E-state index contributed by atoms with van der Waals surface area (Å²) in [6.45, 7) is 8.99. The Hall–Kier alpha value is -3.14. The fourth-order valence-corrected chi connectivity index (χ4v) is 2.46. The number of carbonyl (C=O) groups excluding carboxylic acids is 1. The average molecular weight is 404 g/mol. The minimum Gasteiger partial charge on any atom is -0.446 e. The predicted molar refractivity (Wildman–Crippen MR) is 100 cm³/mol. The van der Waals surface area contributed by atoms with Gasteiger partial charge in [0, 0.05) is 0 Å². The molecule has 3 rings (SSSR count). The lowest BCUT2D eigenvalue weighted by Gasteiger charge is -2.24. The van der Waals surface area contributed by atoms with Gasteiger partial charge in [-0.3, -0.25) is 0 Å². The van der Waals surface area contributed by atoms with Crippen molar-refractivity contribution in [1.29, 1.82) is 0 Å². The van der Waals surface area contributed by atoms with E-state index in [0.29, 0.717) is 23.0 Å². The Labute approximate surface area is 167 Å². The van der Waals surface area contributed by atoms with Crippen LogP contribution in [0, 0.1) is 5.92 Å². The number of alkyl carbamates (subject to hydrolysis) is 1. The van der Waals surface area contributed by atoms with Crippen LogP contribution in [0.3, 0.4) is 0 Å². The van der Waals surface area contributed by atoms with Gasteiger partial charge >= 0.3 is 6.09 Å². The van der Waals surface area contributed by atoms with E-state index in [9.17, 15) is 4.79 Å². The molecular weight excluding hydrogens is 380 g/mol. The standard InChI is InChI=1S/C19H24N4O6/c1-10(2)14(23-18(25)29-19(3,4)5)17-22-13(9-28-17)16-21-12(8-27-16)15-20-11(6-24)7-26-15/h7-10,14,24H,6H2,1-5H3,(H,23,25)/t14-/m0/s1. The number of hydrogen-bond acceptors (Lipinski definition) is 9. The summed E-state index contributed by atoms with van der Waals surface area (Å²) in [5, 5.41) is 11.9. The van der Waals surface area contributed by atoms with E-state index in [-0.39, 0.29) is 24.3 Å². The number of nitrogens with one attached hydrogen (secondary N) is 1. The highest BCUT2D eigenvalue weighted by Gasteiger charge is 2.27. The van der Waals surface area contributed by atoms with E-state index in [0.717, 1.165) is 0 Å². The maximum absolute atomic E-state index is 12.1. The van der Waals surface area contributed by atoms with Gasteiger partial charge < -0.3 is 28.4 Å². The van der Waals surface area contributed by atoms with Gasteiger partial charge in [0.15, 0.2) is 11.4 Å². The van der Waals surface area contributed by atoms with Crippen molar-refractivity contribution in [2.45, 2.75) is 52.9 Å². The number of carbonyl (C=O) groups is 1. The van der Waals surface area contributed by atoms with Crippen LogP contribution in [0.5, 0.6) is 0 Å². The molecule has 0 aliphatic rings. The Bertz CT molecular complexity index is 965. The zero-order valence-electron chi connectivity index (χ0n) is 16.9. The van der Waals surface area contributed by atoms with E-state index in [1.54, 1.807) is 20.8 Å². The van der Waals surface area contributed by atoms with Gasteiger partial charge in [-0.25, -0.2) is 19.7 Å². The number of rotatable bonds is 6. The highest BCUT2D eigenvalue weighted by Crippen LogP contribution is 2.27. The van der Waals surface area contributed by atoms with Gasteiger partial charge in [0.2, 0.25) is 17.7 Å². The molecule has 2 N–H and O–H groups in total. The molecule has 10 nitrogen and oxygen atoms in total. The maximum atomic E-state index is 12.1. The van der Waals surface area contributed by atoms with Crippen molar-refractivity contribution in [2.75, 3.05) is 0 Å². The molecule has 0 saturated heterocycles. The number of nitrogens with zero attached hydrogens (tertiary/aromatic N) is 3. The Balaban J connectivity index is 1.77. The third-order valence-corrected chi connectivity index (χ3v) is 3.78. The summed E-state index contributed by atoms with van der Waals surface area (Å²) in [7, 11) is 0. The lowest BCUT2D eigenvalue weighted by atomic mass is 10.0. The summed E-state index contributed by atoms with van der Waals surface area (Å²) in [6.07, 6.45) is 3.55. The first-order chi connectivity index (χ1) is 13.7. The minimum atomic E-state index is -0.613. The molecule has 156 valence electrons. The molecule has 1 atom stereocenters. The van der Waals surface area contributed by atoms with E-state index in [1.165, 1.54) is 18.8 Å². The fourth-order valence-electron chi connectivity index (χ4n) is 2.46. The van der Waals surface area contributed by atoms with Crippen molar-refractivity contribution in [2.24, 2.45) is 5.92 Å². The molecule has 0 fully saturated rings. The third-order valence-electron chi connectivity index (χ3n) is 3.78. The summed E-state index contributed by atoms with van der Waals surface area (Å²) < 4.78 is 21.6. The van der Waals surface area contributed by atoms with Crippen molar-refractivity contribution >= 4 is 6.09 Å². The normalized spacial score (nSPS) is 12.9. The van der Waals surface area contributed by atoms with Crippen molar-refractivity contribution in [3.05, 3.63) is 30.4 Å². The third kappa shape index (κ3) is 5.02. The molecule has 0 radical (unpaired) electrons. The van der Waals surface area contributed by atoms with Crippen LogP contribution >= 0.6 is 0 Å². The second-order valence-corrected chi connectivity index (χ2v) is 7.78. The van der Waals surface area contributed by atoms with Gasteiger partial charge in [-0.05, 0) is 26.7 Å². The average Bonchev–Trinajstić information content (AvgIpc) is 3.36. The highest BCUT2D eigenvalue weighted by atomic mass is 16.6. The molecule has 0 aliphatic heterocycles. The van der Waals surface area contributed by atoms with Gasteiger partial charge in [-0.2, -0.15) is 0 Å². The van der Waals surface area contributed by atoms with Crippen LogP contribution in [-0.2, 0) is 11.3 Å². The summed E-state index contributed by atoms with van der Waals surface area (Å²) in [6, 6.07) is -0.494.